The van der Waals surface area contributed by atoms with Crippen molar-refractivity contribution in [1.82, 2.24) is 4.57 Å². The van der Waals surface area contributed by atoms with Crippen LogP contribution in [0.25, 0.3) is 38.6 Å². The molecule has 0 saturated heterocycles. The van der Waals surface area contributed by atoms with Gasteiger partial charge in [0.05, 0.1) is 11.0 Å². The summed E-state index contributed by atoms with van der Waals surface area (Å²) < 4.78 is 2.32. The molecule has 0 amide bonds. The average Bonchev–Trinajstić information content (AvgIpc) is 3.02. The van der Waals surface area contributed by atoms with Crippen molar-refractivity contribution < 1.29 is 0 Å². The molecule has 4 aromatic carbocycles. The predicted molar refractivity (Wildman–Crippen MR) is 113 cm³/mol. The molecule has 1 aromatic heterocycles. The zero-order chi connectivity index (χ0) is 17.5. The second-order valence-electron chi connectivity index (χ2n) is 6.47. The number of thiol groups is 1. The maximum Gasteiger partial charge on any atom is 0.0552 e. The molecule has 0 fully saturated rings. The highest BCUT2D eigenvalue weighted by molar-refractivity contribution is 7.80. The summed E-state index contributed by atoms with van der Waals surface area (Å²) in [5.41, 5.74) is 6.03. The van der Waals surface area contributed by atoms with Crippen LogP contribution in [-0.2, 0) is 0 Å². The molecule has 0 N–H and O–H groups in total. The predicted octanol–water partition coefficient (Wildman–Crippen LogP) is 6.74. The zero-order valence-electron chi connectivity index (χ0n) is 14.1. The van der Waals surface area contributed by atoms with E-state index < -0.39 is 0 Å². The van der Waals surface area contributed by atoms with Crippen molar-refractivity contribution in [2.45, 2.75) is 4.90 Å². The SMILES string of the molecule is Sc1ccc2c3ccccc3n(-c3ccc(-c4ccccc4)cc3)c2c1. The molecular formula is C24H17NS. The fourth-order valence-corrected chi connectivity index (χ4v) is 3.87. The summed E-state index contributed by atoms with van der Waals surface area (Å²) in [6.45, 7) is 0. The van der Waals surface area contributed by atoms with Crippen molar-refractivity contribution in [2.24, 2.45) is 0 Å². The molecule has 0 saturated carbocycles. The molecule has 0 aliphatic rings. The van der Waals surface area contributed by atoms with Crippen LogP contribution in [-0.4, -0.2) is 4.57 Å². The standard InChI is InChI=1S/C24H17NS/c26-20-14-15-22-21-8-4-5-9-23(21)25(24(22)16-20)19-12-10-18(11-13-19)17-6-2-1-3-7-17/h1-16,26H. The van der Waals surface area contributed by atoms with Crippen molar-refractivity contribution in [3.05, 3.63) is 97.1 Å². The van der Waals surface area contributed by atoms with E-state index in [9.17, 15) is 0 Å². The molecule has 5 rings (SSSR count). The molecule has 1 nitrogen and oxygen atoms in total. The maximum atomic E-state index is 4.55. The van der Waals surface area contributed by atoms with Gasteiger partial charge in [-0.2, -0.15) is 0 Å². The lowest BCUT2D eigenvalue weighted by Crippen LogP contribution is -1.93. The van der Waals surface area contributed by atoms with Crippen LogP contribution in [0.4, 0.5) is 0 Å². The van der Waals surface area contributed by atoms with Crippen LogP contribution < -0.4 is 0 Å². The summed E-state index contributed by atoms with van der Waals surface area (Å²) in [6, 6.07) is 34.2. The quantitative estimate of drug-likeness (QED) is 0.336. The fourth-order valence-electron chi connectivity index (χ4n) is 3.67. The molecule has 0 spiro atoms. The summed E-state index contributed by atoms with van der Waals surface area (Å²) in [5, 5.41) is 2.52. The van der Waals surface area contributed by atoms with Crippen LogP contribution in [0.3, 0.4) is 0 Å². The summed E-state index contributed by atoms with van der Waals surface area (Å²) in [4.78, 5) is 0.975. The third kappa shape index (κ3) is 2.42. The van der Waals surface area contributed by atoms with E-state index in [0.29, 0.717) is 0 Å². The van der Waals surface area contributed by atoms with Gasteiger partial charge >= 0.3 is 0 Å². The fraction of sp³-hybridized carbons (Fsp3) is 0. The van der Waals surface area contributed by atoms with Gasteiger partial charge < -0.3 is 4.57 Å². The van der Waals surface area contributed by atoms with Gasteiger partial charge in [-0.1, -0.05) is 66.7 Å². The Morgan fingerprint density at radius 1 is 0.538 bits per heavy atom. The molecule has 0 bridgehead atoms. The first kappa shape index (κ1) is 15.3. The maximum absolute atomic E-state index is 4.55. The number of rotatable bonds is 2. The molecule has 5 aromatic rings. The lowest BCUT2D eigenvalue weighted by molar-refractivity contribution is 1.17. The van der Waals surface area contributed by atoms with Crippen molar-refractivity contribution in [3.63, 3.8) is 0 Å². The van der Waals surface area contributed by atoms with Crippen molar-refractivity contribution in [1.29, 1.82) is 0 Å². The molecule has 2 heteroatoms. The van der Waals surface area contributed by atoms with Crippen LogP contribution in [0.15, 0.2) is 102 Å². The number of para-hydroxylation sites is 1. The van der Waals surface area contributed by atoms with E-state index in [2.05, 4.69) is 108 Å². The van der Waals surface area contributed by atoms with Gasteiger partial charge in [0.25, 0.3) is 0 Å². The summed E-state index contributed by atoms with van der Waals surface area (Å²) in [5.74, 6) is 0. The summed E-state index contributed by atoms with van der Waals surface area (Å²) >= 11 is 4.55. The Balaban J connectivity index is 1.74. The van der Waals surface area contributed by atoms with Gasteiger partial charge in [0, 0.05) is 21.4 Å². The molecule has 124 valence electrons. The van der Waals surface area contributed by atoms with Crippen LogP contribution >= 0.6 is 12.6 Å². The Hall–Kier alpha value is -2.97. The van der Waals surface area contributed by atoms with Gasteiger partial charge in [0.1, 0.15) is 0 Å². The van der Waals surface area contributed by atoms with Gasteiger partial charge in [-0.25, -0.2) is 0 Å². The van der Waals surface area contributed by atoms with E-state index in [0.717, 1.165) is 10.6 Å². The monoisotopic (exact) mass is 351 g/mol. The minimum absolute atomic E-state index is 0.975. The van der Waals surface area contributed by atoms with Gasteiger partial charge in [-0.15, -0.1) is 12.6 Å². The summed E-state index contributed by atoms with van der Waals surface area (Å²) in [7, 11) is 0. The van der Waals surface area contributed by atoms with Crippen LogP contribution in [0.5, 0.6) is 0 Å². The second-order valence-corrected chi connectivity index (χ2v) is 6.98. The lowest BCUT2D eigenvalue weighted by Gasteiger charge is -2.09. The molecule has 26 heavy (non-hydrogen) atoms. The van der Waals surface area contributed by atoms with E-state index in [-0.39, 0.29) is 0 Å². The zero-order valence-corrected chi connectivity index (χ0v) is 15.0. The van der Waals surface area contributed by atoms with Crippen molar-refractivity contribution in [3.8, 4) is 16.8 Å². The van der Waals surface area contributed by atoms with Gasteiger partial charge in [-0.3, -0.25) is 0 Å². The average molecular weight is 351 g/mol. The Bertz CT molecular complexity index is 1220. The van der Waals surface area contributed by atoms with E-state index in [1.165, 1.54) is 32.9 Å². The highest BCUT2D eigenvalue weighted by atomic mass is 32.1. The number of nitrogens with zero attached hydrogens (tertiary/aromatic N) is 1. The first-order chi connectivity index (χ1) is 12.8. The highest BCUT2D eigenvalue weighted by Crippen LogP contribution is 2.33. The Labute approximate surface area is 157 Å². The normalized spacial score (nSPS) is 11.3. The summed E-state index contributed by atoms with van der Waals surface area (Å²) in [6.07, 6.45) is 0. The third-order valence-corrected chi connectivity index (χ3v) is 5.17. The van der Waals surface area contributed by atoms with Crippen molar-refractivity contribution >= 4 is 34.4 Å². The highest BCUT2D eigenvalue weighted by Gasteiger charge is 2.12. The van der Waals surface area contributed by atoms with Crippen LogP contribution in [0, 0.1) is 0 Å². The van der Waals surface area contributed by atoms with Crippen LogP contribution in [0.2, 0.25) is 0 Å². The van der Waals surface area contributed by atoms with Gasteiger partial charge in [0.15, 0.2) is 0 Å². The van der Waals surface area contributed by atoms with E-state index >= 15 is 0 Å². The molecule has 0 radical (unpaired) electrons. The number of benzene rings is 4. The minimum Gasteiger partial charge on any atom is -0.309 e. The first-order valence-electron chi connectivity index (χ1n) is 8.69. The number of fused-ring (bicyclic) bond motifs is 3. The van der Waals surface area contributed by atoms with Gasteiger partial charge in [0.2, 0.25) is 0 Å². The third-order valence-electron chi connectivity index (χ3n) is 4.89. The smallest absolute Gasteiger partial charge is 0.0552 e. The minimum atomic E-state index is 0.975. The van der Waals surface area contributed by atoms with E-state index in [1.807, 2.05) is 6.07 Å². The number of hydrogen-bond donors (Lipinski definition) is 1. The molecule has 0 unspecified atom stereocenters. The molecule has 0 aliphatic heterocycles. The van der Waals surface area contributed by atoms with Crippen molar-refractivity contribution in [2.75, 3.05) is 0 Å². The molecule has 0 aliphatic carbocycles. The molecule has 0 atom stereocenters. The second kappa shape index (κ2) is 6.08. The Morgan fingerprint density at radius 3 is 2.00 bits per heavy atom. The Kier molecular flexibility index (Phi) is 3.58. The van der Waals surface area contributed by atoms with Crippen LogP contribution in [0.1, 0.15) is 0 Å². The molecular weight excluding hydrogens is 334 g/mol. The van der Waals surface area contributed by atoms with E-state index in [1.54, 1.807) is 0 Å². The molecule has 1 heterocycles. The lowest BCUT2D eigenvalue weighted by atomic mass is 10.1. The Morgan fingerprint density at radius 2 is 1.19 bits per heavy atom. The number of hydrogen-bond acceptors (Lipinski definition) is 1. The number of aromatic nitrogens is 1. The van der Waals surface area contributed by atoms with Gasteiger partial charge in [-0.05, 0) is 41.5 Å². The van der Waals surface area contributed by atoms with E-state index in [4.69, 9.17) is 0 Å². The largest absolute Gasteiger partial charge is 0.309 e. The first-order valence-corrected chi connectivity index (χ1v) is 9.14. The topological polar surface area (TPSA) is 4.93 Å².